The second-order valence-corrected chi connectivity index (χ2v) is 4.27. The zero-order valence-electron chi connectivity index (χ0n) is 8.97. The number of hydrogen-bond acceptors (Lipinski definition) is 2. The summed E-state index contributed by atoms with van der Waals surface area (Å²) >= 11 is 11.2. The monoisotopic (exact) mass is 310 g/mol. The Balaban J connectivity index is 2.63. The molecule has 0 fully saturated rings. The Labute approximate surface area is 115 Å². The molecule has 0 aliphatic heterocycles. The largest absolute Gasteiger partial charge is 0.433 e. The van der Waals surface area contributed by atoms with Crippen LogP contribution in [0.25, 0.3) is 11.3 Å². The molecule has 0 unspecified atom stereocenters. The Kier molecular flexibility index (Phi) is 3.64. The highest BCUT2D eigenvalue weighted by Gasteiger charge is 2.33. The maximum Gasteiger partial charge on any atom is 0.433 e. The number of benzene rings is 1. The van der Waals surface area contributed by atoms with Crippen LogP contribution in [0.3, 0.4) is 0 Å². The van der Waals surface area contributed by atoms with Gasteiger partial charge in [-0.3, -0.25) is 0 Å². The van der Waals surface area contributed by atoms with Crippen molar-refractivity contribution < 1.29 is 17.6 Å². The molecule has 0 spiro atoms. The molecule has 0 aliphatic carbocycles. The van der Waals surface area contributed by atoms with Crippen LogP contribution in [0.5, 0.6) is 0 Å². The van der Waals surface area contributed by atoms with E-state index in [1.165, 1.54) is 6.07 Å². The lowest BCUT2D eigenvalue weighted by molar-refractivity contribution is -0.141. The van der Waals surface area contributed by atoms with E-state index in [1.54, 1.807) is 0 Å². The smallest absolute Gasteiger partial charge is 0.218 e. The molecule has 2 nitrogen and oxygen atoms in total. The van der Waals surface area contributed by atoms with Crippen molar-refractivity contribution in [1.82, 2.24) is 9.97 Å². The predicted molar refractivity (Wildman–Crippen MR) is 62.4 cm³/mol. The van der Waals surface area contributed by atoms with Crippen LogP contribution in [0.1, 0.15) is 5.69 Å². The van der Waals surface area contributed by atoms with Crippen LogP contribution in [-0.4, -0.2) is 9.97 Å². The summed E-state index contributed by atoms with van der Waals surface area (Å²) in [7, 11) is 0. The van der Waals surface area contributed by atoms with Crippen molar-refractivity contribution in [2.24, 2.45) is 0 Å². The molecule has 1 heterocycles. The van der Waals surface area contributed by atoms with Gasteiger partial charge in [0.15, 0.2) is 0 Å². The van der Waals surface area contributed by atoms with Gasteiger partial charge >= 0.3 is 6.18 Å². The Bertz CT molecular complexity index is 629. The molecular weight excluding hydrogens is 307 g/mol. The first-order chi connectivity index (χ1) is 8.77. The van der Waals surface area contributed by atoms with E-state index >= 15 is 0 Å². The van der Waals surface area contributed by atoms with Crippen LogP contribution < -0.4 is 0 Å². The van der Waals surface area contributed by atoms with Gasteiger partial charge in [-0.15, -0.1) is 0 Å². The molecule has 0 atom stereocenters. The fraction of sp³-hybridized carbons (Fsp3) is 0.0909. The van der Waals surface area contributed by atoms with E-state index in [-0.39, 0.29) is 16.3 Å². The van der Waals surface area contributed by atoms with E-state index in [0.29, 0.717) is 6.07 Å². The van der Waals surface area contributed by atoms with Gasteiger partial charge < -0.3 is 0 Å². The predicted octanol–water partition coefficient (Wildman–Crippen LogP) is 4.61. The van der Waals surface area contributed by atoms with E-state index in [1.807, 2.05) is 0 Å². The van der Waals surface area contributed by atoms with Crippen LogP contribution in [0, 0.1) is 5.82 Å². The summed E-state index contributed by atoms with van der Waals surface area (Å²) in [5.74, 6) is -0.650. The first kappa shape index (κ1) is 14.0. The van der Waals surface area contributed by atoms with Crippen LogP contribution in [0.15, 0.2) is 24.3 Å². The Morgan fingerprint density at radius 1 is 1.00 bits per heavy atom. The van der Waals surface area contributed by atoms with Gasteiger partial charge in [0.05, 0.1) is 10.7 Å². The minimum atomic E-state index is -4.68. The molecule has 1 aromatic heterocycles. The van der Waals surface area contributed by atoms with Gasteiger partial charge in [-0.25, -0.2) is 14.4 Å². The zero-order chi connectivity index (χ0) is 14.2. The molecule has 1 aromatic carbocycles. The van der Waals surface area contributed by atoms with E-state index in [2.05, 4.69) is 9.97 Å². The van der Waals surface area contributed by atoms with Gasteiger partial charge in [0.25, 0.3) is 0 Å². The highest BCUT2D eigenvalue weighted by Crippen LogP contribution is 2.33. The quantitative estimate of drug-likeness (QED) is 0.568. The fourth-order valence-electron chi connectivity index (χ4n) is 1.39. The minimum Gasteiger partial charge on any atom is -0.218 e. The zero-order valence-corrected chi connectivity index (χ0v) is 10.5. The highest BCUT2D eigenvalue weighted by atomic mass is 35.5. The SMILES string of the molecule is Fc1ccc(Cl)c(-c2cc(C(F)(F)F)nc(Cl)n2)c1. The maximum atomic E-state index is 13.1. The normalized spacial score (nSPS) is 11.7. The fourth-order valence-corrected chi connectivity index (χ4v) is 1.79. The van der Waals surface area contributed by atoms with Crippen LogP contribution in [0.2, 0.25) is 10.3 Å². The van der Waals surface area contributed by atoms with Crippen LogP contribution in [0.4, 0.5) is 17.6 Å². The first-order valence-electron chi connectivity index (χ1n) is 4.84. The summed E-state index contributed by atoms with van der Waals surface area (Å²) < 4.78 is 50.9. The van der Waals surface area contributed by atoms with Gasteiger partial charge in [0.2, 0.25) is 5.28 Å². The van der Waals surface area contributed by atoms with Crippen molar-refractivity contribution in [3.8, 4) is 11.3 Å². The average molecular weight is 311 g/mol. The van der Waals surface area contributed by atoms with E-state index in [4.69, 9.17) is 23.2 Å². The molecule has 0 aliphatic rings. The lowest BCUT2D eigenvalue weighted by Crippen LogP contribution is -2.09. The van der Waals surface area contributed by atoms with E-state index in [9.17, 15) is 17.6 Å². The summed E-state index contributed by atoms with van der Waals surface area (Å²) in [6, 6.07) is 3.93. The number of nitrogens with zero attached hydrogens (tertiary/aromatic N) is 2. The van der Waals surface area contributed by atoms with Gasteiger partial charge in [-0.2, -0.15) is 13.2 Å². The van der Waals surface area contributed by atoms with Crippen molar-refractivity contribution >= 4 is 23.2 Å². The molecular formula is C11H4Cl2F4N2. The van der Waals surface area contributed by atoms with Gasteiger partial charge in [0, 0.05) is 5.56 Å². The first-order valence-corrected chi connectivity index (χ1v) is 5.60. The average Bonchev–Trinajstić information content (AvgIpc) is 2.30. The Hall–Kier alpha value is -1.40. The molecule has 19 heavy (non-hydrogen) atoms. The van der Waals surface area contributed by atoms with Crippen molar-refractivity contribution in [2.75, 3.05) is 0 Å². The van der Waals surface area contributed by atoms with Crippen LogP contribution in [-0.2, 0) is 6.18 Å². The summed E-state index contributed by atoms with van der Waals surface area (Å²) in [4.78, 5) is 6.70. The number of rotatable bonds is 1. The molecule has 2 aromatic rings. The number of hydrogen-bond donors (Lipinski definition) is 0. The lowest BCUT2D eigenvalue weighted by Gasteiger charge is -2.09. The van der Waals surface area contributed by atoms with Gasteiger partial charge in [-0.05, 0) is 35.9 Å². The maximum absolute atomic E-state index is 13.1. The summed E-state index contributed by atoms with van der Waals surface area (Å²) in [6.45, 7) is 0. The second kappa shape index (κ2) is 4.94. The standard InChI is InChI=1S/C11H4Cl2F4N2/c12-7-2-1-5(14)3-6(7)8-4-9(11(15,16)17)19-10(13)18-8/h1-4H. The van der Waals surface area contributed by atoms with Crippen molar-refractivity contribution in [3.63, 3.8) is 0 Å². The molecule has 0 bridgehead atoms. The topological polar surface area (TPSA) is 25.8 Å². The van der Waals surface area contributed by atoms with E-state index < -0.39 is 23.0 Å². The lowest BCUT2D eigenvalue weighted by atomic mass is 10.1. The third-order valence-corrected chi connectivity index (χ3v) is 2.69. The number of alkyl halides is 3. The molecule has 0 saturated heterocycles. The molecule has 100 valence electrons. The molecule has 0 saturated carbocycles. The van der Waals surface area contributed by atoms with Crippen LogP contribution >= 0.6 is 23.2 Å². The second-order valence-electron chi connectivity index (χ2n) is 3.53. The number of aromatic nitrogens is 2. The third kappa shape index (κ3) is 3.13. The molecule has 8 heteroatoms. The Morgan fingerprint density at radius 3 is 2.32 bits per heavy atom. The highest BCUT2D eigenvalue weighted by molar-refractivity contribution is 6.33. The summed E-state index contributed by atoms with van der Waals surface area (Å²) in [5.41, 5.74) is -1.41. The van der Waals surface area contributed by atoms with Gasteiger partial charge in [-0.1, -0.05) is 11.6 Å². The van der Waals surface area contributed by atoms with Crippen molar-refractivity contribution in [1.29, 1.82) is 0 Å². The van der Waals surface area contributed by atoms with E-state index in [0.717, 1.165) is 12.1 Å². The van der Waals surface area contributed by atoms with Crippen molar-refractivity contribution in [2.45, 2.75) is 6.18 Å². The van der Waals surface area contributed by atoms with Crippen molar-refractivity contribution in [3.05, 3.63) is 46.1 Å². The molecule has 0 amide bonds. The Morgan fingerprint density at radius 2 is 1.68 bits per heavy atom. The third-order valence-electron chi connectivity index (χ3n) is 2.19. The molecule has 0 N–H and O–H groups in total. The summed E-state index contributed by atoms with van der Waals surface area (Å²) in [5, 5.41) is -0.533. The number of halogens is 6. The minimum absolute atomic E-state index is 0.0106. The molecule has 2 rings (SSSR count). The summed E-state index contributed by atoms with van der Waals surface area (Å²) in [6.07, 6.45) is -4.68. The van der Waals surface area contributed by atoms with Gasteiger partial charge in [0.1, 0.15) is 11.5 Å². The molecule has 0 radical (unpaired) electrons.